The summed E-state index contributed by atoms with van der Waals surface area (Å²) in [7, 11) is 0. The topological polar surface area (TPSA) is 46.2 Å². The molecule has 0 fully saturated rings. The van der Waals surface area contributed by atoms with Gasteiger partial charge < -0.3 is 10.8 Å². The molecule has 0 aromatic heterocycles. The maximum absolute atomic E-state index is 13.0. The largest absolute Gasteiger partial charge is 0.387 e. The molecule has 0 amide bonds. The highest BCUT2D eigenvalue weighted by molar-refractivity contribution is 5.25. The van der Waals surface area contributed by atoms with Crippen molar-refractivity contribution in [3.8, 4) is 0 Å². The number of hydrogen-bond donors (Lipinski definition) is 2. The molecule has 3 N–H and O–H groups in total. The second kappa shape index (κ2) is 3.65. The molecule has 0 bridgehead atoms. The van der Waals surface area contributed by atoms with Crippen LogP contribution in [0.4, 0.5) is 4.39 Å². The van der Waals surface area contributed by atoms with Crippen LogP contribution < -0.4 is 5.73 Å². The zero-order valence-electron chi connectivity index (χ0n) is 6.92. The van der Waals surface area contributed by atoms with E-state index in [4.69, 9.17) is 5.73 Å². The molecule has 0 radical (unpaired) electrons. The standard InChI is InChI=1S/C9H12FNO/c1-6-2-3-8(10)7(4-6)9(12)5-11/h2-4,9,12H,5,11H2,1H3. The molecule has 2 nitrogen and oxygen atoms in total. The van der Waals surface area contributed by atoms with E-state index in [1.54, 1.807) is 12.1 Å². The van der Waals surface area contributed by atoms with E-state index in [1.165, 1.54) is 6.07 Å². The number of halogens is 1. The van der Waals surface area contributed by atoms with Gasteiger partial charge in [0.2, 0.25) is 0 Å². The van der Waals surface area contributed by atoms with Crippen LogP contribution in [0.2, 0.25) is 0 Å². The van der Waals surface area contributed by atoms with Crippen LogP contribution in [0.25, 0.3) is 0 Å². The smallest absolute Gasteiger partial charge is 0.129 e. The van der Waals surface area contributed by atoms with Crippen molar-refractivity contribution >= 4 is 0 Å². The second-order valence-electron chi connectivity index (χ2n) is 2.78. The summed E-state index contributed by atoms with van der Waals surface area (Å²) in [5.74, 6) is -0.404. The van der Waals surface area contributed by atoms with Crippen molar-refractivity contribution in [1.82, 2.24) is 0 Å². The van der Waals surface area contributed by atoms with Crippen LogP contribution in [0, 0.1) is 12.7 Å². The van der Waals surface area contributed by atoms with E-state index in [0.717, 1.165) is 5.56 Å². The Morgan fingerprint density at radius 3 is 2.83 bits per heavy atom. The van der Waals surface area contributed by atoms with E-state index in [-0.39, 0.29) is 12.1 Å². The first-order valence-electron chi connectivity index (χ1n) is 3.79. The lowest BCUT2D eigenvalue weighted by atomic mass is 10.1. The fourth-order valence-corrected chi connectivity index (χ4v) is 1.05. The van der Waals surface area contributed by atoms with Gasteiger partial charge in [0.05, 0.1) is 6.10 Å². The Morgan fingerprint density at radius 2 is 2.25 bits per heavy atom. The maximum Gasteiger partial charge on any atom is 0.129 e. The first kappa shape index (κ1) is 9.16. The molecule has 0 saturated heterocycles. The highest BCUT2D eigenvalue weighted by Crippen LogP contribution is 2.17. The van der Waals surface area contributed by atoms with Crippen molar-refractivity contribution in [3.63, 3.8) is 0 Å². The van der Waals surface area contributed by atoms with E-state index in [9.17, 15) is 9.50 Å². The molecule has 12 heavy (non-hydrogen) atoms. The number of benzene rings is 1. The highest BCUT2D eigenvalue weighted by Gasteiger charge is 2.10. The summed E-state index contributed by atoms with van der Waals surface area (Å²) < 4.78 is 13.0. The third kappa shape index (κ3) is 1.81. The zero-order chi connectivity index (χ0) is 9.14. The zero-order valence-corrected chi connectivity index (χ0v) is 6.92. The van der Waals surface area contributed by atoms with Gasteiger partial charge in [0.25, 0.3) is 0 Å². The average molecular weight is 169 g/mol. The number of aliphatic hydroxyl groups is 1. The summed E-state index contributed by atoms with van der Waals surface area (Å²) in [5, 5.41) is 9.27. The molecule has 0 aliphatic heterocycles. The van der Waals surface area contributed by atoms with Crippen molar-refractivity contribution in [1.29, 1.82) is 0 Å². The molecule has 1 aromatic rings. The average Bonchev–Trinajstić information content (AvgIpc) is 2.08. The van der Waals surface area contributed by atoms with E-state index < -0.39 is 11.9 Å². The number of hydrogen-bond acceptors (Lipinski definition) is 2. The van der Waals surface area contributed by atoms with Gasteiger partial charge in [-0.3, -0.25) is 0 Å². The summed E-state index contributed by atoms with van der Waals surface area (Å²) in [6.07, 6.45) is -0.898. The molecule has 0 spiro atoms. The van der Waals surface area contributed by atoms with Gasteiger partial charge in [-0.25, -0.2) is 4.39 Å². The Balaban J connectivity index is 3.04. The van der Waals surface area contributed by atoms with Crippen molar-refractivity contribution in [2.45, 2.75) is 13.0 Å². The maximum atomic E-state index is 13.0. The molecule has 1 unspecified atom stereocenters. The lowest BCUT2D eigenvalue weighted by molar-refractivity contribution is 0.182. The van der Waals surface area contributed by atoms with E-state index in [2.05, 4.69) is 0 Å². The lowest BCUT2D eigenvalue weighted by Gasteiger charge is -2.09. The molecule has 66 valence electrons. The highest BCUT2D eigenvalue weighted by atomic mass is 19.1. The van der Waals surface area contributed by atoms with Crippen LogP contribution in [0.5, 0.6) is 0 Å². The Bertz CT molecular complexity index is 275. The van der Waals surface area contributed by atoms with Crippen molar-refractivity contribution in [2.75, 3.05) is 6.54 Å². The van der Waals surface area contributed by atoms with Gasteiger partial charge in [-0.2, -0.15) is 0 Å². The fourth-order valence-electron chi connectivity index (χ4n) is 1.05. The normalized spacial score (nSPS) is 13.0. The van der Waals surface area contributed by atoms with E-state index in [1.807, 2.05) is 6.92 Å². The molecule has 0 aliphatic carbocycles. The molecule has 1 aromatic carbocycles. The summed E-state index contributed by atoms with van der Waals surface area (Å²) in [5.41, 5.74) is 6.40. The lowest BCUT2D eigenvalue weighted by Crippen LogP contribution is -2.13. The Hall–Kier alpha value is -0.930. The third-order valence-corrected chi connectivity index (χ3v) is 1.73. The minimum absolute atomic E-state index is 0.0420. The Morgan fingerprint density at radius 1 is 1.58 bits per heavy atom. The third-order valence-electron chi connectivity index (χ3n) is 1.73. The van der Waals surface area contributed by atoms with Gasteiger partial charge in [-0.1, -0.05) is 17.7 Å². The minimum atomic E-state index is -0.898. The quantitative estimate of drug-likeness (QED) is 0.697. The van der Waals surface area contributed by atoms with Gasteiger partial charge in [0, 0.05) is 12.1 Å². The molecule has 0 saturated carbocycles. The van der Waals surface area contributed by atoms with Crippen LogP contribution in [0.1, 0.15) is 17.2 Å². The molecule has 0 heterocycles. The molecule has 0 aliphatic rings. The van der Waals surface area contributed by atoms with Gasteiger partial charge in [0.1, 0.15) is 5.82 Å². The van der Waals surface area contributed by atoms with E-state index in [0.29, 0.717) is 0 Å². The van der Waals surface area contributed by atoms with Crippen molar-refractivity contribution < 1.29 is 9.50 Å². The van der Waals surface area contributed by atoms with Gasteiger partial charge >= 0.3 is 0 Å². The Kier molecular flexibility index (Phi) is 2.78. The Labute approximate surface area is 70.8 Å². The summed E-state index contributed by atoms with van der Waals surface area (Å²) in [6.45, 7) is 1.88. The predicted molar refractivity (Wildman–Crippen MR) is 45.2 cm³/mol. The van der Waals surface area contributed by atoms with Crippen molar-refractivity contribution in [3.05, 3.63) is 35.1 Å². The summed E-state index contributed by atoms with van der Waals surface area (Å²) in [6, 6.07) is 4.60. The molecule has 3 heteroatoms. The van der Waals surface area contributed by atoms with Crippen LogP contribution in [-0.2, 0) is 0 Å². The van der Waals surface area contributed by atoms with Crippen LogP contribution in [0.15, 0.2) is 18.2 Å². The molecular weight excluding hydrogens is 157 g/mol. The first-order chi connectivity index (χ1) is 5.65. The predicted octanol–water partition coefficient (Wildman–Crippen LogP) is 1.13. The van der Waals surface area contributed by atoms with Gasteiger partial charge in [-0.15, -0.1) is 0 Å². The number of nitrogens with two attached hydrogens (primary N) is 1. The summed E-state index contributed by atoms with van der Waals surface area (Å²) in [4.78, 5) is 0. The molecule has 1 rings (SSSR count). The number of aryl methyl sites for hydroxylation is 1. The monoisotopic (exact) mass is 169 g/mol. The molecule has 1 atom stereocenters. The SMILES string of the molecule is Cc1ccc(F)c(C(O)CN)c1. The number of rotatable bonds is 2. The fraction of sp³-hybridized carbons (Fsp3) is 0.333. The number of aliphatic hydroxyl groups excluding tert-OH is 1. The van der Waals surface area contributed by atoms with Crippen LogP contribution in [0.3, 0.4) is 0 Å². The molecular formula is C9H12FNO. The van der Waals surface area contributed by atoms with Gasteiger partial charge in [-0.05, 0) is 13.0 Å². The van der Waals surface area contributed by atoms with Gasteiger partial charge in [0.15, 0.2) is 0 Å². The summed E-state index contributed by atoms with van der Waals surface area (Å²) >= 11 is 0. The van der Waals surface area contributed by atoms with Crippen LogP contribution >= 0.6 is 0 Å². The minimum Gasteiger partial charge on any atom is -0.387 e. The van der Waals surface area contributed by atoms with Crippen molar-refractivity contribution in [2.24, 2.45) is 5.73 Å². The second-order valence-corrected chi connectivity index (χ2v) is 2.78. The van der Waals surface area contributed by atoms with Crippen LogP contribution in [-0.4, -0.2) is 11.7 Å². The first-order valence-corrected chi connectivity index (χ1v) is 3.79. The van der Waals surface area contributed by atoms with E-state index >= 15 is 0 Å².